The lowest BCUT2D eigenvalue weighted by molar-refractivity contribution is -0.134. The summed E-state index contributed by atoms with van der Waals surface area (Å²) in [5.41, 5.74) is 0.820. The summed E-state index contributed by atoms with van der Waals surface area (Å²) >= 11 is 0. The number of hydrogen-bond donors (Lipinski definition) is 1. The third-order valence-electron chi connectivity index (χ3n) is 3.18. The normalized spacial score (nSPS) is 12.4. The van der Waals surface area contributed by atoms with Gasteiger partial charge in [0.2, 0.25) is 5.91 Å². The minimum absolute atomic E-state index is 0.0683. The Hall–Kier alpha value is -1.47. The van der Waals surface area contributed by atoms with Gasteiger partial charge in [0.1, 0.15) is 6.04 Å². The number of amides is 1. The van der Waals surface area contributed by atoms with E-state index in [2.05, 4.69) is 15.6 Å². The molecule has 0 fully saturated rings. The second kappa shape index (κ2) is 8.65. The molecule has 0 saturated heterocycles. The summed E-state index contributed by atoms with van der Waals surface area (Å²) in [6, 6.07) is -0.324. The van der Waals surface area contributed by atoms with Crippen LogP contribution in [0, 0.1) is 0 Å². The van der Waals surface area contributed by atoms with Gasteiger partial charge in [-0.2, -0.15) is 0 Å². The van der Waals surface area contributed by atoms with Crippen molar-refractivity contribution in [3.63, 3.8) is 0 Å². The Balaban J connectivity index is 2.55. The molecular formula is C13H25N5O2. The second-order valence-electron chi connectivity index (χ2n) is 4.55. The summed E-state index contributed by atoms with van der Waals surface area (Å²) in [5.74, 6) is 0.0683. The lowest BCUT2D eigenvalue weighted by atomic mass is 10.3. The van der Waals surface area contributed by atoms with Crippen LogP contribution in [-0.2, 0) is 16.1 Å². The fraction of sp³-hybridized carbons (Fsp3) is 0.769. The van der Waals surface area contributed by atoms with Gasteiger partial charge in [0.15, 0.2) is 0 Å². The number of hydrogen-bond acceptors (Lipinski definition) is 5. The number of rotatable bonds is 9. The summed E-state index contributed by atoms with van der Waals surface area (Å²) < 4.78 is 6.57. The van der Waals surface area contributed by atoms with Gasteiger partial charge in [0.25, 0.3) is 0 Å². The Morgan fingerprint density at radius 1 is 1.50 bits per heavy atom. The van der Waals surface area contributed by atoms with Crippen molar-refractivity contribution >= 4 is 5.91 Å². The highest BCUT2D eigenvalue weighted by Gasteiger charge is 2.20. The third kappa shape index (κ3) is 4.57. The Morgan fingerprint density at radius 3 is 2.80 bits per heavy atom. The molecule has 0 spiro atoms. The van der Waals surface area contributed by atoms with Crippen LogP contribution in [0.1, 0.15) is 32.5 Å². The van der Waals surface area contributed by atoms with Crippen LogP contribution in [0.4, 0.5) is 0 Å². The van der Waals surface area contributed by atoms with Crippen molar-refractivity contribution in [2.75, 3.05) is 33.4 Å². The van der Waals surface area contributed by atoms with Crippen molar-refractivity contribution in [1.29, 1.82) is 0 Å². The van der Waals surface area contributed by atoms with Gasteiger partial charge in [-0.05, 0) is 20.8 Å². The average molecular weight is 283 g/mol. The van der Waals surface area contributed by atoms with Crippen molar-refractivity contribution in [3.05, 3.63) is 11.9 Å². The molecule has 0 aromatic carbocycles. The molecule has 0 aliphatic carbocycles. The molecule has 7 heteroatoms. The summed E-state index contributed by atoms with van der Waals surface area (Å²) in [6.07, 6.45) is 1.81. The van der Waals surface area contributed by atoms with E-state index >= 15 is 0 Å². The highest BCUT2D eigenvalue weighted by molar-refractivity contribution is 5.79. The number of aromatic nitrogens is 3. The molecule has 1 atom stereocenters. The zero-order valence-electron chi connectivity index (χ0n) is 12.8. The molecule has 1 heterocycles. The summed E-state index contributed by atoms with van der Waals surface area (Å²) in [4.78, 5) is 14.0. The maximum atomic E-state index is 12.2. The standard InChI is InChI=1S/C13H25N5O2/c1-5-17(6-2)13(19)11(3)18-10-12(15-16-18)9-14-7-8-20-4/h10-11,14H,5-9H2,1-4H3. The molecule has 114 valence electrons. The summed E-state index contributed by atoms with van der Waals surface area (Å²) in [7, 11) is 1.67. The smallest absolute Gasteiger partial charge is 0.247 e. The predicted molar refractivity (Wildman–Crippen MR) is 76.2 cm³/mol. The molecule has 0 aliphatic rings. The Morgan fingerprint density at radius 2 is 2.20 bits per heavy atom. The average Bonchev–Trinajstić information content (AvgIpc) is 2.92. The predicted octanol–water partition coefficient (Wildman–Crippen LogP) is 0.444. The topological polar surface area (TPSA) is 72.3 Å². The largest absolute Gasteiger partial charge is 0.383 e. The lowest BCUT2D eigenvalue weighted by Crippen LogP contribution is -2.36. The molecule has 7 nitrogen and oxygen atoms in total. The van der Waals surface area contributed by atoms with Crippen LogP contribution in [-0.4, -0.2) is 59.2 Å². The number of carbonyl (C=O) groups excluding carboxylic acids is 1. The van der Waals surface area contributed by atoms with Crippen LogP contribution in [0.3, 0.4) is 0 Å². The monoisotopic (exact) mass is 283 g/mol. The minimum atomic E-state index is -0.324. The van der Waals surface area contributed by atoms with E-state index in [0.717, 1.165) is 12.2 Å². The first-order chi connectivity index (χ1) is 9.63. The maximum Gasteiger partial charge on any atom is 0.247 e. The first-order valence-corrected chi connectivity index (χ1v) is 7.03. The number of nitrogens with zero attached hydrogens (tertiary/aromatic N) is 4. The van der Waals surface area contributed by atoms with E-state index in [-0.39, 0.29) is 11.9 Å². The molecule has 0 bridgehead atoms. The van der Waals surface area contributed by atoms with Crippen molar-refractivity contribution in [3.8, 4) is 0 Å². The zero-order chi connectivity index (χ0) is 15.0. The van der Waals surface area contributed by atoms with Gasteiger partial charge >= 0.3 is 0 Å². The number of ether oxygens (including phenoxy) is 1. The Bertz CT molecular complexity index is 403. The molecule has 0 saturated carbocycles. The Kier molecular flexibility index (Phi) is 7.17. The fourth-order valence-corrected chi connectivity index (χ4v) is 1.89. The van der Waals surface area contributed by atoms with Crippen LogP contribution in [0.2, 0.25) is 0 Å². The van der Waals surface area contributed by atoms with Gasteiger partial charge in [-0.15, -0.1) is 5.10 Å². The molecule has 1 N–H and O–H groups in total. The van der Waals surface area contributed by atoms with Gasteiger partial charge < -0.3 is 15.0 Å². The van der Waals surface area contributed by atoms with Crippen molar-refractivity contribution in [1.82, 2.24) is 25.2 Å². The zero-order valence-corrected chi connectivity index (χ0v) is 12.8. The van der Waals surface area contributed by atoms with Crippen LogP contribution < -0.4 is 5.32 Å². The van der Waals surface area contributed by atoms with E-state index in [1.165, 1.54) is 0 Å². The molecule has 20 heavy (non-hydrogen) atoms. The molecule has 0 radical (unpaired) electrons. The quantitative estimate of drug-likeness (QED) is 0.666. The molecule has 1 aromatic rings. The molecule has 1 rings (SSSR count). The van der Waals surface area contributed by atoms with Gasteiger partial charge in [0, 0.05) is 33.3 Å². The fourth-order valence-electron chi connectivity index (χ4n) is 1.89. The van der Waals surface area contributed by atoms with Crippen molar-refractivity contribution in [2.24, 2.45) is 0 Å². The SMILES string of the molecule is CCN(CC)C(=O)C(C)n1cc(CNCCOC)nn1. The van der Waals surface area contributed by atoms with Crippen LogP contribution in [0.15, 0.2) is 6.20 Å². The number of likely N-dealkylation sites (N-methyl/N-ethyl adjacent to an activating group) is 1. The summed E-state index contributed by atoms with van der Waals surface area (Å²) in [6.45, 7) is 9.25. The van der Waals surface area contributed by atoms with E-state index in [0.29, 0.717) is 26.2 Å². The Labute approximate surface area is 120 Å². The highest BCUT2D eigenvalue weighted by atomic mass is 16.5. The van der Waals surface area contributed by atoms with Gasteiger partial charge in [-0.25, -0.2) is 4.68 Å². The van der Waals surface area contributed by atoms with Crippen molar-refractivity contribution < 1.29 is 9.53 Å². The molecule has 1 amide bonds. The summed E-state index contributed by atoms with van der Waals surface area (Å²) in [5, 5.41) is 11.3. The first-order valence-electron chi connectivity index (χ1n) is 7.03. The van der Waals surface area contributed by atoms with Gasteiger partial charge in [0.05, 0.1) is 18.5 Å². The van der Waals surface area contributed by atoms with E-state index < -0.39 is 0 Å². The van der Waals surface area contributed by atoms with E-state index in [1.807, 2.05) is 27.0 Å². The van der Waals surface area contributed by atoms with E-state index in [1.54, 1.807) is 16.7 Å². The van der Waals surface area contributed by atoms with Crippen molar-refractivity contribution in [2.45, 2.75) is 33.4 Å². The molecule has 1 aromatic heterocycles. The lowest BCUT2D eigenvalue weighted by Gasteiger charge is -2.22. The molecule has 0 aliphatic heterocycles. The van der Waals surface area contributed by atoms with Gasteiger partial charge in [-0.1, -0.05) is 5.21 Å². The first kappa shape index (κ1) is 16.6. The van der Waals surface area contributed by atoms with Crippen LogP contribution in [0.25, 0.3) is 0 Å². The van der Waals surface area contributed by atoms with Crippen LogP contribution >= 0.6 is 0 Å². The number of methoxy groups -OCH3 is 1. The molecular weight excluding hydrogens is 258 g/mol. The van der Waals surface area contributed by atoms with E-state index in [4.69, 9.17) is 4.74 Å². The van der Waals surface area contributed by atoms with Gasteiger partial charge in [-0.3, -0.25) is 4.79 Å². The highest BCUT2D eigenvalue weighted by Crippen LogP contribution is 2.09. The minimum Gasteiger partial charge on any atom is -0.383 e. The molecule has 1 unspecified atom stereocenters. The number of nitrogens with one attached hydrogen (secondary N) is 1. The second-order valence-corrected chi connectivity index (χ2v) is 4.55. The number of carbonyl (C=O) groups is 1. The van der Waals surface area contributed by atoms with Crippen LogP contribution in [0.5, 0.6) is 0 Å². The third-order valence-corrected chi connectivity index (χ3v) is 3.18. The maximum absolute atomic E-state index is 12.2. The van der Waals surface area contributed by atoms with E-state index in [9.17, 15) is 4.79 Å².